The average Bonchev–Trinajstić information content (AvgIpc) is 2.75. The maximum atomic E-state index is 12.9. The predicted molar refractivity (Wildman–Crippen MR) is 109 cm³/mol. The molecule has 2 aromatic heterocycles. The minimum atomic E-state index is -0.288. The molecule has 0 aliphatic carbocycles. The number of nitrogens with one attached hydrogen (secondary N) is 1. The standard InChI is InChI=1S/C22H22N4O3/c1-14-19(22(28)25-21(24-14)16-4-3-8-23-12-16)11-20(27)26-9-7-15-5-6-18(29-2)10-17(15)13-26/h3-6,8,10,12H,7,9,11,13H2,1-2H3,(H,24,25,28). The van der Waals surface area contributed by atoms with Gasteiger partial charge in [-0.25, -0.2) is 4.98 Å². The van der Waals surface area contributed by atoms with Crippen molar-refractivity contribution in [1.29, 1.82) is 0 Å². The molecule has 3 aromatic rings. The summed E-state index contributed by atoms with van der Waals surface area (Å²) in [6, 6.07) is 9.57. The summed E-state index contributed by atoms with van der Waals surface area (Å²) in [5.41, 5.74) is 3.71. The first-order valence-corrected chi connectivity index (χ1v) is 9.49. The molecular weight excluding hydrogens is 368 g/mol. The first-order chi connectivity index (χ1) is 14.0. The van der Waals surface area contributed by atoms with E-state index in [0.29, 0.717) is 30.2 Å². The molecule has 1 aromatic carbocycles. The number of pyridine rings is 1. The molecule has 0 radical (unpaired) electrons. The van der Waals surface area contributed by atoms with Crippen molar-refractivity contribution < 1.29 is 9.53 Å². The molecule has 0 fully saturated rings. The third-order valence-corrected chi connectivity index (χ3v) is 5.26. The zero-order chi connectivity index (χ0) is 20.4. The van der Waals surface area contributed by atoms with Crippen LogP contribution in [0.1, 0.15) is 22.4 Å². The monoisotopic (exact) mass is 390 g/mol. The van der Waals surface area contributed by atoms with Crippen LogP contribution in [0.2, 0.25) is 0 Å². The van der Waals surface area contributed by atoms with Crippen molar-refractivity contribution >= 4 is 5.91 Å². The van der Waals surface area contributed by atoms with Crippen molar-refractivity contribution in [3.8, 4) is 17.1 Å². The van der Waals surface area contributed by atoms with Crippen LogP contribution in [-0.2, 0) is 24.2 Å². The summed E-state index contributed by atoms with van der Waals surface area (Å²) in [5, 5.41) is 0. The molecule has 7 nitrogen and oxygen atoms in total. The third kappa shape index (κ3) is 3.89. The van der Waals surface area contributed by atoms with Crippen LogP contribution in [-0.4, -0.2) is 39.4 Å². The first kappa shape index (κ1) is 18.9. The molecule has 148 valence electrons. The molecule has 0 atom stereocenters. The van der Waals surface area contributed by atoms with E-state index >= 15 is 0 Å². The van der Waals surface area contributed by atoms with Crippen molar-refractivity contribution in [2.75, 3.05) is 13.7 Å². The molecule has 1 amide bonds. The summed E-state index contributed by atoms with van der Waals surface area (Å²) in [7, 11) is 1.63. The lowest BCUT2D eigenvalue weighted by molar-refractivity contribution is -0.131. The largest absolute Gasteiger partial charge is 0.497 e. The summed E-state index contributed by atoms with van der Waals surface area (Å²) in [6.45, 7) is 2.91. The highest BCUT2D eigenvalue weighted by atomic mass is 16.5. The number of nitrogens with zero attached hydrogens (tertiary/aromatic N) is 3. The molecule has 0 unspecified atom stereocenters. The minimum absolute atomic E-state index is 0.0286. The molecule has 3 heterocycles. The maximum absolute atomic E-state index is 12.9. The van der Waals surface area contributed by atoms with E-state index in [2.05, 4.69) is 15.0 Å². The van der Waals surface area contributed by atoms with Crippen LogP contribution in [0.5, 0.6) is 5.75 Å². The lowest BCUT2D eigenvalue weighted by atomic mass is 9.99. The number of methoxy groups -OCH3 is 1. The molecule has 1 aliphatic heterocycles. The lowest BCUT2D eigenvalue weighted by Crippen LogP contribution is -2.38. The summed E-state index contributed by atoms with van der Waals surface area (Å²) in [6.07, 6.45) is 4.12. The fourth-order valence-corrected chi connectivity index (χ4v) is 3.59. The van der Waals surface area contributed by atoms with E-state index in [1.807, 2.05) is 24.3 Å². The summed E-state index contributed by atoms with van der Waals surface area (Å²) < 4.78 is 5.29. The molecule has 29 heavy (non-hydrogen) atoms. The molecular formula is C22H22N4O3. The summed E-state index contributed by atoms with van der Waals surface area (Å²) in [5.74, 6) is 1.15. The number of carbonyl (C=O) groups excluding carboxylic acids is 1. The normalized spacial score (nSPS) is 13.1. The molecule has 0 saturated heterocycles. The number of fused-ring (bicyclic) bond motifs is 1. The van der Waals surface area contributed by atoms with Gasteiger partial charge in [0.2, 0.25) is 5.91 Å². The van der Waals surface area contributed by atoms with E-state index in [1.165, 1.54) is 5.56 Å². The maximum Gasteiger partial charge on any atom is 0.255 e. The predicted octanol–water partition coefficient (Wildman–Crippen LogP) is 2.28. The Labute approximate surface area is 168 Å². The number of aryl methyl sites for hydroxylation is 1. The molecule has 0 bridgehead atoms. The van der Waals surface area contributed by atoms with Gasteiger partial charge in [0.05, 0.1) is 13.5 Å². The van der Waals surface area contributed by atoms with Crippen molar-refractivity contribution in [3.63, 3.8) is 0 Å². The highest BCUT2D eigenvalue weighted by molar-refractivity contribution is 5.79. The van der Waals surface area contributed by atoms with Crippen LogP contribution in [0.3, 0.4) is 0 Å². The van der Waals surface area contributed by atoms with E-state index in [-0.39, 0.29) is 17.9 Å². The van der Waals surface area contributed by atoms with Crippen LogP contribution in [0.4, 0.5) is 0 Å². The molecule has 0 saturated carbocycles. The van der Waals surface area contributed by atoms with Gasteiger partial charge in [-0.3, -0.25) is 14.6 Å². The second-order valence-electron chi connectivity index (χ2n) is 7.10. The van der Waals surface area contributed by atoms with Crippen molar-refractivity contribution in [2.24, 2.45) is 0 Å². The SMILES string of the molecule is COc1ccc2c(c1)CN(C(=O)Cc1c(C)nc(-c3cccnc3)[nH]c1=O)CC2. The Bertz CT molecular complexity index is 1110. The fourth-order valence-electron chi connectivity index (χ4n) is 3.59. The number of H-pyrrole nitrogens is 1. The minimum Gasteiger partial charge on any atom is -0.497 e. The van der Waals surface area contributed by atoms with E-state index in [1.54, 1.807) is 37.4 Å². The van der Waals surface area contributed by atoms with Gasteiger partial charge in [-0.1, -0.05) is 6.07 Å². The van der Waals surface area contributed by atoms with Crippen LogP contribution < -0.4 is 10.3 Å². The Morgan fingerprint density at radius 3 is 2.86 bits per heavy atom. The van der Waals surface area contributed by atoms with E-state index in [9.17, 15) is 9.59 Å². The Kier molecular flexibility index (Phi) is 5.12. The second-order valence-corrected chi connectivity index (χ2v) is 7.10. The Morgan fingerprint density at radius 2 is 2.14 bits per heavy atom. The summed E-state index contributed by atoms with van der Waals surface area (Å²) >= 11 is 0. The third-order valence-electron chi connectivity index (χ3n) is 5.26. The van der Waals surface area contributed by atoms with Gasteiger partial charge in [0, 0.05) is 42.3 Å². The smallest absolute Gasteiger partial charge is 0.255 e. The number of ether oxygens (including phenoxy) is 1. The number of amides is 1. The highest BCUT2D eigenvalue weighted by Crippen LogP contribution is 2.24. The lowest BCUT2D eigenvalue weighted by Gasteiger charge is -2.29. The van der Waals surface area contributed by atoms with Gasteiger partial charge in [-0.15, -0.1) is 0 Å². The zero-order valence-electron chi connectivity index (χ0n) is 16.4. The molecule has 4 rings (SSSR count). The van der Waals surface area contributed by atoms with Gasteiger partial charge >= 0.3 is 0 Å². The van der Waals surface area contributed by atoms with Gasteiger partial charge in [-0.2, -0.15) is 0 Å². The van der Waals surface area contributed by atoms with Gasteiger partial charge < -0.3 is 14.6 Å². The van der Waals surface area contributed by atoms with Gasteiger partial charge in [0.15, 0.2) is 0 Å². The van der Waals surface area contributed by atoms with Crippen molar-refractivity contribution in [3.05, 3.63) is 75.5 Å². The van der Waals surface area contributed by atoms with Crippen molar-refractivity contribution in [2.45, 2.75) is 26.3 Å². The van der Waals surface area contributed by atoms with E-state index < -0.39 is 0 Å². The topological polar surface area (TPSA) is 88.2 Å². The van der Waals surface area contributed by atoms with Crippen LogP contribution in [0, 0.1) is 6.92 Å². The highest BCUT2D eigenvalue weighted by Gasteiger charge is 2.23. The van der Waals surface area contributed by atoms with Crippen LogP contribution >= 0.6 is 0 Å². The van der Waals surface area contributed by atoms with Crippen molar-refractivity contribution in [1.82, 2.24) is 19.9 Å². The fraction of sp³-hybridized carbons (Fsp3) is 0.273. The number of aromatic nitrogens is 3. The number of aromatic amines is 1. The molecule has 0 spiro atoms. The van der Waals surface area contributed by atoms with Gasteiger partial charge in [0.1, 0.15) is 11.6 Å². The van der Waals surface area contributed by atoms with Crippen LogP contribution in [0.25, 0.3) is 11.4 Å². The molecule has 1 aliphatic rings. The molecule has 1 N–H and O–H groups in total. The molecule has 7 heteroatoms. The second kappa shape index (κ2) is 7.87. The number of carbonyl (C=O) groups is 1. The van der Waals surface area contributed by atoms with Gasteiger partial charge in [-0.05, 0) is 48.7 Å². The quantitative estimate of drug-likeness (QED) is 0.738. The first-order valence-electron chi connectivity index (χ1n) is 9.49. The van der Waals surface area contributed by atoms with E-state index in [4.69, 9.17) is 4.74 Å². The van der Waals surface area contributed by atoms with Gasteiger partial charge in [0.25, 0.3) is 5.56 Å². The Hall–Kier alpha value is -3.48. The number of hydrogen-bond acceptors (Lipinski definition) is 5. The number of rotatable bonds is 4. The summed E-state index contributed by atoms with van der Waals surface area (Å²) in [4.78, 5) is 38.6. The van der Waals surface area contributed by atoms with E-state index in [0.717, 1.165) is 23.3 Å². The zero-order valence-corrected chi connectivity index (χ0v) is 16.4. The number of hydrogen-bond donors (Lipinski definition) is 1. The number of benzene rings is 1. The average molecular weight is 390 g/mol. The Balaban J connectivity index is 1.53. The van der Waals surface area contributed by atoms with Crippen LogP contribution in [0.15, 0.2) is 47.5 Å². The Morgan fingerprint density at radius 1 is 1.28 bits per heavy atom.